The molecule has 7 nitrogen and oxygen atoms in total. The van der Waals surface area contributed by atoms with Gasteiger partial charge in [-0.3, -0.25) is 10.1 Å². The van der Waals surface area contributed by atoms with Crippen molar-refractivity contribution in [2.75, 3.05) is 24.5 Å². The average molecular weight is 293 g/mol. The second-order valence-corrected chi connectivity index (χ2v) is 5.93. The first-order chi connectivity index (χ1) is 9.69. The molecule has 0 aliphatic carbocycles. The lowest BCUT2D eigenvalue weighted by molar-refractivity contribution is -0.380. The summed E-state index contributed by atoms with van der Waals surface area (Å²) in [6.07, 6.45) is 3.55. The Morgan fingerprint density at radius 3 is 2.85 bits per heavy atom. The molecule has 0 atom stereocenters. The third kappa shape index (κ3) is 2.32. The molecular formula is C12H15N5O2S. The Bertz CT molecular complexity index is 636. The van der Waals surface area contributed by atoms with Crippen LogP contribution >= 0.6 is 11.3 Å². The molecule has 3 heterocycles. The summed E-state index contributed by atoms with van der Waals surface area (Å²) >= 11 is 1.09. The van der Waals surface area contributed by atoms with Crippen LogP contribution in [0.15, 0.2) is 12.4 Å². The summed E-state index contributed by atoms with van der Waals surface area (Å²) in [5, 5.41) is 11.8. The lowest BCUT2D eigenvalue weighted by atomic mass is 9.97. The molecule has 3 rings (SSSR count). The van der Waals surface area contributed by atoms with Crippen LogP contribution in [0.3, 0.4) is 0 Å². The standard InChI is InChI=1S/C12H15N5O2S/c13-6-8-1-3-16(4-2-8)11-9-5-10(17(18)19)20-12(9)15-7-14-11/h5,7-8H,1-4,6,13H2. The normalized spacial score (nSPS) is 16.8. The molecule has 0 saturated carbocycles. The molecule has 0 bridgehead atoms. The van der Waals surface area contributed by atoms with Crippen molar-refractivity contribution >= 4 is 32.4 Å². The highest BCUT2D eigenvalue weighted by Gasteiger charge is 2.23. The predicted octanol–water partition coefficient (Wildman–Crippen LogP) is 1.77. The molecular weight excluding hydrogens is 278 g/mol. The molecule has 2 N–H and O–H groups in total. The molecule has 0 amide bonds. The quantitative estimate of drug-likeness (QED) is 0.684. The number of nitrogens with two attached hydrogens (primary N) is 1. The van der Waals surface area contributed by atoms with Gasteiger partial charge >= 0.3 is 5.00 Å². The Morgan fingerprint density at radius 2 is 2.20 bits per heavy atom. The minimum atomic E-state index is -0.378. The van der Waals surface area contributed by atoms with Crippen molar-refractivity contribution in [3.63, 3.8) is 0 Å². The molecule has 8 heteroatoms. The van der Waals surface area contributed by atoms with Crippen molar-refractivity contribution in [2.24, 2.45) is 11.7 Å². The van der Waals surface area contributed by atoms with Gasteiger partial charge in [-0.15, -0.1) is 0 Å². The summed E-state index contributed by atoms with van der Waals surface area (Å²) in [5.41, 5.74) is 5.70. The van der Waals surface area contributed by atoms with E-state index in [9.17, 15) is 10.1 Å². The van der Waals surface area contributed by atoms with Crippen LogP contribution in [0.4, 0.5) is 10.8 Å². The van der Waals surface area contributed by atoms with Crippen LogP contribution in [0.5, 0.6) is 0 Å². The maximum Gasteiger partial charge on any atom is 0.326 e. The van der Waals surface area contributed by atoms with Gasteiger partial charge in [0.15, 0.2) is 0 Å². The Hall–Kier alpha value is -1.80. The van der Waals surface area contributed by atoms with E-state index in [0.29, 0.717) is 10.7 Å². The zero-order valence-electron chi connectivity index (χ0n) is 10.9. The fourth-order valence-electron chi connectivity index (χ4n) is 2.55. The van der Waals surface area contributed by atoms with Gasteiger partial charge in [0.2, 0.25) is 0 Å². The number of aromatic nitrogens is 2. The molecule has 106 valence electrons. The topological polar surface area (TPSA) is 98.2 Å². The zero-order chi connectivity index (χ0) is 14.1. The van der Waals surface area contributed by atoms with Gasteiger partial charge in [-0.1, -0.05) is 0 Å². The third-order valence-electron chi connectivity index (χ3n) is 3.72. The van der Waals surface area contributed by atoms with E-state index in [1.165, 1.54) is 6.33 Å². The van der Waals surface area contributed by atoms with Gasteiger partial charge in [-0.25, -0.2) is 9.97 Å². The van der Waals surface area contributed by atoms with E-state index in [-0.39, 0.29) is 9.92 Å². The summed E-state index contributed by atoms with van der Waals surface area (Å²) in [6, 6.07) is 1.57. The van der Waals surface area contributed by atoms with Crippen molar-refractivity contribution in [1.29, 1.82) is 0 Å². The Balaban J connectivity index is 1.93. The van der Waals surface area contributed by atoms with Crippen molar-refractivity contribution in [3.05, 3.63) is 22.5 Å². The van der Waals surface area contributed by atoms with Crippen LogP contribution in [-0.4, -0.2) is 34.5 Å². The molecule has 2 aromatic heterocycles. The van der Waals surface area contributed by atoms with E-state index >= 15 is 0 Å². The Kier molecular flexibility index (Phi) is 3.49. The minimum absolute atomic E-state index is 0.110. The average Bonchev–Trinajstić information content (AvgIpc) is 2.91. The molecule has 20 heavy (non-hydrogen) atoms. The summed E-state index contributed by atoms with van der Waals surface area (Å²) in [7, 11) is 0. The van der Waals surface area contributed by atoms with Crippen molar-refractivity contribution < 1.29 is 4.92 Å². The van der Waals surface area contributed by atoms with E-state index < -0.39 is 0 Å². The monoisotopic (exact) mass is 293 g/mol. The van der Waals surface area contributed by atoms with Crippen molar-refractivity contribution in [2.45, 2.75) is 12.8 Å². The highest BCUT2D eigenvalue weighted by Crippen LogP contribution is 2.35. The summed E-state index contributed by atoms with van der Waals surface area (Å²) < 4.78 is 0. The van der Waals surface area contributed by atoms with E-state index in [4.69, 9.17) is 5.73 Å². The Morgan fingerprint density at radius 1 is 1.45 bits per heavy atom. The number of hydrogen-bond acceptors (Lipinski definition) is 7. The minimum Gasteiger partial charge on any atom is -0.356 e. The molecule has 1 saturated heterocycles. The number of nitro groups is 1. The first-order valence-corrected chi connectivity index (χ1v) is 7.34. The van der Waals surface area contributed by atoms with E-state index in [0.717, 1.165) is 55.0 Å². The summed E-state index contributed by atoms with van der Waals surface area (Å²) in [5.74, 6) is 1.37. The second-order valence-electron chi connectivity index (χ2n) is 4.92. The number of anilines is 1. The molecule has 2 aromatic rings. The van der Waals surface area contributed by atoms with Crippen LogP contribution in [0, 0.1) is 16.0 Å². The van der Waals surface area contributed by atoms with Gasteiger partial charge in [0.25, 0.3) is 0 Å². The molecule has 0 radical (unpaired) electrons. The largest absolute Gasteiger partial charge is 0.356 e. The lowest BCUT2D eigenvalue weighted by Crippen LogP contribution is -2.36. The number of fused-ring (bicyclic) bond motifs is 1. The second kappa shape index (κ2) is 5.29. The molecule has 1 aliphatic rings. The van der Waals surface area contributed by atoms with Gasteiger partial charge < -0.3 is 10.6 Å². The Labute approximate surface area is 119 Å². The highest BCUT2D eigenvalue weighted by atomic mass is 32.1. The van der Waals surface area contributed by atoms with E-state index in [2.05, 4.69) is 14.9 Å². The van der Waals surface area contributed by atoms with E-state index in [1.54, 1.807) is 6.07 Å². The molecule has 0 aromatic carbocycles. The number of nitrogens with zero attached hydrogens (tertiary/aromatic N) is 4. The van der Waals surface area contributed by atoms with Gasteiger partial charge in [-0.2, -0.15) is 0 Å². The van der Waals surface area contributed by atoms with Gasteiger partial charge in [-0.05, 0) is 36.6 Å². The van der Waals surface area contributed by atoms with Crippen LogP contribution in [-0.2, 0) is 0 Å². The summed E-state index contributed by atoms with van der Waals surface area (Å²) in [4.78, 5) is 21.8. The molecule has 1 aliphatic heterocycles. The fraction of sp³-hybridized carbons (Fsp3) is 0.500. The predicted molar refractivity (Wildman–Crippen MR) is 78.1 cm³/mol. The molecule has 1 fully saturated rings. The first-order valence-electron chi connectivity index (χ1n) is 6.53. The van der Waals surface area contributed by atoms with Crippen molar-refractivity contribution in [3.8, 4) is 0 Å². The number of rotatable bonds is 3. The molecule has 0 unspecified atom stereocenters. The van der Waals surface area contributed by atoms with E-state index in [1.807, 2.05) is 0 Å². The molecule has 0 spiro atoms. The smallest absolute Gasteiger partial charge is 0.326 e. The zero-order valence-corrected chi connectivity index (χ0v) is 11.7. The third-order valence-corrected chi connectivity index (χ3v) is 4.72. The van der Waals surface area contributed by atoms with Crippen LogP contribution < -0.4 is 10.6 Å². The van der Waals surface area contributed by atoms with Crippen LogP contribution in [0.25, 0.3) is 10.2 Å². The fourth-order valence-corrected chi connectivity index (χ4v) is 3.36. The van der Waals surface area contributed by atoms with Gasteiger partial charge in [0.05, 0.1) is 10.3 Å². The SMILES string of the molecule is NCC1CCN(c2ncnc3sc([N+](=O)[O-])cc23)CC1. The lowest BCUT2D eigenvalue weighted by Gasteiger charge is -2.32. The number of piperidine rings is 1. The number of thiophene rings is 1. The van der Waals surface area contributed by atoms with Crippen LogP contribution in [0.2, 0.25) is 0 Å². The summed E-state index contributed by atoms with van der Waals surface area (Å²) in [6.45, 7) is 2.49. The van der Waals surface area contributed by atoms with Gasteiger partial charge in [0.1, 0.15) is 17.0 Å². The van der Waals surface area contributed by atoms with Gasteiger partial charge in [0, 0.05) is 19.2 Å². The van der Waals surface area contributed by atoms with Crippen molar-refractivity contribution in [1.82, 2.24) is 9.97 Å². The first kappa shape index (κ1) is 13.2. The maximum absolute atomic E-state index is 10.9. The maximum atomic E-state index is 10.9. The van der Waals surface area contributed by atoms with Crippen LogP contribution in [0.1, 0.15) is 12.8 Å². The highest BCUT2D eigenvalue weighted by molar-refractivity contribution is 7.21. The number of hydrogen-bond donors (Lipinski definition) is 1.